The van der Waals surface area contributed by atoms with Gasteiger partial charge in [-0.15, -0.1) is 0 Å². The Labute approximate surface area is 79.6 Å². The van der Waals surface area contributed by atoms with E-state index in [1.807, 2.05) is 6.92 Å². The van der Waals surface area contributed by atoms with Gasteiger partial charge >= 0.3 is 0 Å². The molecule has 0 aromatic heterocycles. The molecule has 0 amide bonds. The van der Waals surface area contributed by atoms with Crippen LogP contribution in [0.25, 0.3) is 0 Å². The normalized spacial score (nSPS) is 37.7. The summed E-state index contributed by atoms with van der Waals surface area (Å²) in [7, 11) is -2.60. The highest BCUT2D eigenvalue weighted by Gasteiger charge is 2.28. The Morgan fingerprint density at radius 1 is 1.46 bits per heavy atom. The lowest BCUT2D eigenvalue weighted by atomic mass is 10.1. The van der Waals surface area contributed by atoms with E-state index in [4.69, 9.17) is 5.73 Å². The summed E-state index contributed by atoms with van der Waals surface area (Å²) < 4.78 is 22.8. The number of rotatable bonds is 1. The molecule has 0 spiro atoms. The summed E-state index contributed by atoms with van der Waals surface area (Å²) >= 11 is 0. The first-order valence-electron chi connectivity index (χ1n) is 4.37. The van der Waals surface area contributed by atoms with Crippen molar-refractivity contribution >= 4 is 10.9 Å². The van der Waals surface area contributed by atoms with Crippen molar-refractivity contribution in [2.45, 2.75) is 38.0 Å². The molecule has 5 nitrogen and oxygen atoms in total. The van der Waals surface area contributed by atoms with Gasteiger partial charge in [0.1, 0.15) is 0 Å². The maximum atomic E-state index is 10.8. The van der Waals surface area contributed by atoms with Crippen molar-refractivity contribution in [1.29, 1.82) is 0 Å². The summed E-state index contributed by atoms with van der Waals surface area (Å²) in [6.45, 7) is 1.96. The van der Waals surface area contributed by atoms with Gasteiger partial charge in [0.05, 0.1) is 6.10 Å². The molecule has 1 saturated heterocycles. The first-order valence-corrected chi connectivity index (χ1v) is 5.50. The molecule has 1 aliphatic heterocycles. The molecule has 1 heterocycles. The van der Waals surface area contributed by atoms with Crippen LogP contribution in [0.4, 0.5) is 0 Å². The number of hydrogen-bond acceptors (Lipinski definition) is 4. The quantitative estimate of drug-likeness (QED) is 0.467. The molecule has 0 aromatic rings. The first-order chi connectivity index (χ1) is 6.02. The Balaban J connectivity index is 2.73. The average Bonchev–Trinajstić information content (AvgIpc) is 2.18. The molecule has 0 unspecified atom stereocenters. The van der Waals surface area contributed by atoms with Crippen LogP contribution in [0.5, 0.6) is 0 Å². The van der Waals surface area contributed by atoms with Gasteiger partial charge in [-0.3, -0.25) is 0 Å². The fourth-order valence-corrected chi connectivity index (χ4v) is 2.25. The van der Waals surface area contributed by atoms with Gasteiger partial charge < -0.3 is 10.8 Å². The van der Waals surface area contributed by atoms with Gasteiger partial charge in [-0.1, -0.05) is 0 Å². The summed E-state index contributed by atoms with van der Waals surface area (Å²) in [5, 5.41) is 9.46. The van der Waals surface area contributed by atoms with E-state index in [1.54, 1.807) is 0 Å². The fourth-order valence-electron chi connectivity index (χ4n) is 1.51. The SMILES string of the molecule is C[C@@H]1CC[C@H](N)[C@@H](O)CN1[SH](=O)=O. The van der Waals surface area contributed by atoms with Crippen LogP contribution >= 0.6 is 0 Å². The number of aliphatic hydroxyl groups excluding tert-OH is 1. The van der Waals surface area contributed by atoms with E-state index in [0.717, 1.165) is 0 Å². The van der Waals surface area contributed by atoms with Crippen molar-refractivity contribution in [2.75, 3.05) is 6.54 Å². The maximum Gasteiger partial charge on any atom is 0.204 e. The molecule has 0 bridgehead atoms. The molecular formula is C7H16N2O3S. The minimum atomic E-state index is -2.60. The molecule has 0 radical (unpaired) electrons. The smallest absolute Gasteiger partial charge is 0.204 e. The molecule has 1 fully saturated rings. The number of nitrogens with two attached hydrogens (primary N) is 1. The summed E-state index contributed by atoms with van der Waals surface area (Å²) in [4.78, 5) is 0. The Kier molecular flexibility index (Phi) is 3.66. The third-order valence-corrected chi connectivity index (χ3v) is 3.48. The number of thiol groups is 1. The molecule has 3 N–H and O–H groups in total. The van der Waals surface area contributed by atoms with Gasteiger partial charge in [-0.25, -0.2) is 8.42 Å². The van der Waals surface area contributed by atoms with Gasteiger partial charge in [-0.05, 0) is 19.8 Å². The number of nitrogens with zero attached hydrogens (tertiary/aromatic N) is 1. The lowest BCUT2D eigenvalue weighted by Crippen LogP contribution is -2.41. The monoisotopic (exact) mass is 208 g/mol. The lowest BCUT2D eigenvalue weighted by molar-refractivity contribution is 0.127. The molecular weight excluding hydrogens is 192 g/mol. The largest absolute Gasteiger partial charge is 0.390 e. The second-order valence-electron chi connectivity index (χ2n) is 3.52. The molecule has 0 aliphatic carbocycles. The summed E-state index contributed by atoms with van der Waals surface area (Å²) in [6.07, 6.45) is 0.640. The van der Waals surface area contributed by atoms with E-state index in [2.05, 4.69) is 0 Å². The molecule has 6 heteroatoms. The minimum absolute atomic E-state index is 0.0516. The predicted octanol–water partition coefficient (Wildman–Crippen LogP) is -1.31. The van der Waals surface area contributed by atoms with Crippen molar-refractivity contribution in [3.8, 4) is 0 Å². The van der Waals surface area contributed by atoms with E-state index < -0.39 is 17.0 Å². The number of aliphatic hydroxyl groups is 1. The Morgan fingerprint density at radius 2 is 2.08 bits per heavy atom. The van der Waals surface area contributed by atoms with Crippen molar-refractivity contribution in [3.63, 3.8) is 0 Å². The van der Waals surface area contributed by atoms with Crippen LogP contribution in [0.1, 0.15) is 19.8 Å². The van der Waals surface area contributed by atoms with E-state index in [0.29, 0.717) is 12.8 Å². The topological polar surface area (TPSA) is 83.6 Å². The second-order valence-corrected chi connectivity index (χ2v) is 4.51. The third-order valence-electron chi connectivity index (χ3n) is 2.50. The van der Waals surface area contributed by atoms with Crippen LogP contribution in [0.2, 0.25) is 0 Å². The van der Waals surface area contributed by atoms with Gasteiger partial charge in [0.2, 0.25) is 10.9 Å². The van der Waals surface area contributed by atoms with Gasteiger partial charge in [0.25, 0.3) is 0 Å². The molecule has 78 valence electrons. The van der Waals surface area contributed by atoms with E-state index in [9.17, 15) is 13.5 Å². The number of β-amino-alcohol motifs (C(OH)–C–C–N with tert-alkyl or cyclic N) is 1. The van der Waals surface area contributed by atoms with Crippen LogP contribution in [0.15, 0.2) is 0 Å². The van der Waals surface area contributed by atoms with Crippen molar-refractivity contribution in [1.82, 2.24) is 4.31 Å². The Bertz CT molecular complexity index is 236. The number of hydrogen-bond donors (Lipinski definition) is 3. The van der Waals surface area contributed by atoms with Crippen molar-refractivity contribution in [3.05, 3.63) is 0 Å². The van der Waals surface area contributed by atoms with Gasteiger partial charge in [-0.2, -0.15) is 4.31 Å². The lowest BCUT2D eigenvalue weighted by Gasteiger charge is -2.21. The molecule has 0 aromatic carbocycles. The highest BCUT2D eigenvalue weighted by molar-refractivity contribution is 7.69. The average molecular weight is 208 g/mol. The fraction of sp³-hybridized carbons (Fsp3) is 1.00. The van der Waals surface area contributed by atoms with Crippen LogP contribution in [0.3, 0.4) is 0 Å². The van der Waals surface area contributed by atoms with Crippen LogP contribution in [-0.4, -0.2) is 42.6 Å². The first kappa shape index (κ1) is 10.9. The standard InChI is InChI=1S/C7H16N2O3S/c1-5-2-3-6(8)7(10)4-9(5)13(11)12/h5-7,10,13H,2-4,8H2,1H3/t5-,6+,7+/m1/s1. The highest BCUT2D eigenvalue weighted by atomic mass is 32.2. The zero-order valence-electron chi connectivity index (χ0n) is 7.59. The Hall–Kier alpha value is -0.170. The molecule has 0 saturated carbocycles. The maximum absolute atomic E-state index is 10.8. The van der Waals surface area contributed by atoms with Gasteiger partial charge in [0.15, 0.2) is 0 Å². The molecule has 3 atom stereocenters. The van der Waals surface area contributed by atoms with Crippen molar-refractivity contribution < 1.29 is 13.5 Å². The zero-order valence-corrected chi connectivity index (χ0v) is 8.48. The van der Waals surface area contributed by atoms with Crippen LogP contribution < -0.4 is 5.73 Å². The summed E-state index contributed by atoms with van der Waals surface area (Å²) in [6, 6.07) is -0.355. The second kappa shape index (κ2) is 4.36. The molecule has 1 rings (SSSR count). The molecule has 1 aliphatic rings. The van der Waals surface area contributed by atoms with Crippen molar-refractivity contribution in [2.24, 2.45) is 5.73 Å². The van der Waals surface area contributed by atoms with E-state index >= 15 is 0 Å². The van der Waals surface area contributed by atoms with Gasteiger partial charge in [0, 0.05) is 18.6 Å². The predicted molar refractivity (Wildman–Crippen MR) is 49.7 cm³/mol. The van der Waals surface area contributed by atoms with E-state index in [-0.39, 0.29) is 18.6 Å². The zero-order chi connectivity index (χ0) is 10.0. The summed E-state index contributed by atoms with van der Waals surface area (Å²) in [5.41, 5.74) is 5.63. The van der Waals surface area contributed by atoms with Crippen LogP contribution in [0, 0.1) is 0 Å². The Morgan fingerprint density at radius 3 is 2.62 bits per heavy atom. The minimum Gasteiger partial charge on any atom is -0.390 e. The van der Waals surface area contributed by atoms with E-state index in [1.165, 1.54) is 4.31 Å². The molecule has 13 heavy (non-hydrogen) atoms. The highest BCUT2D eigenvalue weighted by Crippen LogP contribution is 2.15. The third kappa shape index (κ3) is 2.63. The summed E-state index contributed by atoms with van der Waals surface area (Å²) in [5.74, 6) is 0. The van der Waals surface area contributed by atoms with Crippen LogP contribution in [-0.2, 0) is 10.9 Å².